The minimum Gasteiger partial charge on any atom is -0.349 e. The van der Waals surface area contributed by atoms with Gasteiger partial charge in [-0.2, -0.15) is 0 Å². The van der Waals surface area contributed by atoms with Crippen molar-refractivity contribution < 1.29 is 14.3 Å². The molecule has 6 rings (SSSR count). The molecule has 3 heteroatoms. The highest BCUT2D eigenvalue weighted by atomic mass is 16.7. The maximum atomic E-state index is 12.1. The van der Waals surface area contributed by atoms with Crippen LogP contribution in [0.1, 0.15) is 85.5 Å². The van der Waals surface area contributed by atoms with Crippen LogP contribution in [0.3, 0.4) is 0 Å². The average Bonchev–Trinajstić information content (AvgIpc) is 3.16. The molecule has 0 unspecified atom stereocenters. The number of ether oxygens (including phenoxy) is 2. The number of carbonyl (C=O) groups is 1. The summed E-state index contributed by atoms with van der Waals surface area (Å²) >= 11 is 0. The van der Waals surface area contributed by atoms with Gasteiger partial charge in [-0.1, -0.05) is 39.3 Å². The van der Waals surface area contributed by atoms with E-state index in [9.17, 15) is 4.79 Å². The van der Waals surface area contributed by atoms with Crippen molar-refractivity contribution in [1.29, 1.82) is 0 Å². The van der Waals surface area contributed by atoms with E-state index in [2.05, 4.69) is 33.8 Å². The van der Waals surface area contributed by atoms with Crippen LogP contribution in [0.5, 0.6) is 0 Å². The topological polar surface area (TPSA) is 35.5 Å². The van der Waals surface area contributed by atoms with Crippen molar-refractivity contribution in [3.05, 3.63) is 11.6 Å². The summed E-state index contributed by atoms with van der Waals surface area (Å²) in [5.74, 6) is 4.26. The predicted molar refractivity (Wildman–Crippen MR) is 117 cm³/mol. The maximum Gasteiger partial charge on any atom is 0.171 e. The van der Waals surface area contributed by atoms with Crippen LogP contribution >= 0.6 is 0 Å². The lowest BCUT2D eigenvalue weighted by Gasteiger charge is -2.58. The summed E-state index contributed by atoms with van der Waals surface area (Å²) in [6, 6.07) is 0. The molecular weight excluding hydrogens is 372 g/mol. The molecule has 2 aliphatic heterocycles. The molecular formula is C27H40O3. The van der Waals surface area contributed by atoms with Gasteiger partial charge in [-0.25, -0.2) is 0 Å². The zero-order valence-corrected chi connectivity index (χ0v) is 19.4. The molecule has 2 heterocycles. The molecule has 4 aliphatic carbocycles. The molecule has 3 nitrogen and oxygen atoms in total. The number of rotatable bonds is 0. The second-order valence-corrected chi connectivity index (χ2v) is 12.5. The molecule has 30 heavy (non-hydrogen) atoms. The van der Waals surface area contributed by atoms with E-state index >= 15 is 0 Å². The van der Waals surface area contributed by atoms with Crippen LogP contribution in [0.4, 0.5) is 0 Å². The third-order valence-electron chi connectivity index (χ3n) is 11.2. The highest BCUT2D eigenvalue weighted by Crippen LogP contribution is 2.70. The van der Waals surface area contributed by atoms with Crippen molar-refractivity contribution >= 4 is 5.78 Å². The van der Waals surface area contributed by atoms with Gasteiger partial charge in [0.15, 0.2) is 5.79 Å². The lowest BCUT2D eigenvalue weighted by atomic mass is 9.47. The Balaban J connectivity index is 1.29. The van der Waals surface area contributed by atoms with Crippen molar-refractivity contribution in [3.63, 3.8) is 0 Å². The highest BCUT2D eigenvalue weighted by molar-refractivity contribution is 5.82. The fourth-order valence-electron chi connectivity index (χ4n) is 9.49. The van der Waals surface area contributed by atoms with E-state index in [1.807, 2.05) is 0 Å². The predicted octanol–water partition coefficient (Wildman–Crippen LogP) is 5.92. The molecule has 0 N–H and O–H groups in total. The van der Waals surface area contributed by atoms with Gasteiger partial charge < -0.3 is 9.47 Å². The number of Topliss-reactive ketones (excluding diaryl/α,β-unsaturated/α-hetero) is 1. The van der Waals surface area contributed by atoms with Gasteiger partial charge in [-0.05, 0) is 78.9 Å². The van der Waals surface area contributed by atoms with Gasteiger partial charge in [-0.15, -0.1) is 0 Å². The first-order chi connectivity index (χ1) is 14.3. The largest absolute Gasteiger partial charge is 0.349 e. The smallest absolute Gasteiger partial charge is 0.171 e. The van der Waals surface area contributed by atoms with E-state index in [4.69, 9.17) is 9.47 Å². The van der Waals surface area contributed by atoms with Gasteiger partial charge in [0.05, 0.1) is 12.7 Å². The number of allylic oxidation sites excluding steroid dienone is 2. The van der Waals surface area contributed by atoms with Crippen molar-refractivity contribution in [2.24, 2.45) is 46.3 Å². The SMILES string of the molecule is C[C@H]1CC[C@]2(OC1)O[C@H]1C[C@H]3[C@@H]4CC=C5CC(=O)CC[C@]5(C)[C@@H]4CC[C@]3(C)[C@H]1[C@H]2C. The Hall–Kier alpha value is -0.670. The van der Waals surface area contributed by atoms with Crippen molar-refractivity contribution in [2.45, 2.75) is 97.4 Å². The van der Waals surface area contributed by atoms with Crippen LogP contribution in [0, 0.1) is 46.3 Å². The van der Waals surface area contributed by atoms with Crippen molar-refractivity contribution in [3.8, 4) is 0 Å². The van der Waals surface area contributed by atoms with Gasteiger partial charge in [0.2, 0.25) is 0 Å². The summed E-state index contributed by atoms with van der Waals surface area (Å²) in [6.45, 7) is 10.7. The Kier molecular flexibility index (Phi) is 4.29. The lowest BCUT2D eigenvalue weighted by Crippen LogP contribution is -2.52. The fraction of sp³-hybridized carbons (Fsp3) is 0.889. The van der Waals surface area contributed by atoms with Crippen molar-refractivity contribution in [1.82, 2.24) is 0 Å². The molecule has 10 atom stereocenters. The molecule has 5 fully saturated rings. The summed E-state index contributed by atoms with van der Waals surface area (Å²) in [4.78, 5) is 12.1. The fourth-order valence-corrected chi connectivity index (χ4v) is 9.49. The zero-order chi connectivity index (χ0) is 20.9. The summed E-state index contributed by atoms with van der Waals surface area (Å²) < 4.78 is 13.3. The van der Waals surface area contributed by atoms with Crippen LogP contribution in [0.25, 0.3) is 0 Å². The summed E-state index contributed by atoms with van der Waals surface area (Å²) in [6.07, 6.45) is 12.9. The monoisotopic (exact) mass is 412 g/mol. The summed E-state index contributed by atoms with van der Waals surface area (Å²) in [5, 5.41) is 0. The molecule has 0 radical (unpaired) electrons. The van der Waals surface area contributed by atoms with Crippen LogP contribution in [-0.2, 0) is 14.3 Å². The van der Waals surface area contributed by atoms with Crippen LogP contribution in [-0.4, -0.2) is 24.3 Å². The molecule has 0 aromatic carbocycles. The van der Waals surface area contributed by atoms with Gasteiger partial charge in [-0.3, -0.25) is 4.79 Å². The standard InChI is InChI=1S/C27H40O3/c1-16-7-12-27(29-15-16)17(2)24-23(30-27)14-22-20-6-5-18-13-19(28)8-10-25(18,3)21(20)9-11-26(22,24)4/h5,16-17,20-24H,6-15H2,1-4H3/t16-,17+,20+,21+,22-,23-,24-,25-,26-,27-/m0/s1. The van der Waals surface area contributed by atoms with E-state index in [0.29, 0.717) is 35.1 Å². The maximum absolute atomic E-state index is 12.1. The van der Waals surface area contributed by atoms with Crippen LogP contribution < -0.4 is 0 Å². The second-order valence-electron chi connectivity index (χ2n) is 12.5. The van der Waals surface area contributed by atoms with E-state index in [1.165, 1.54) is 37.7 Å². The highest BCUT2D eigenvalue weighted by Gasteiger charge is 2.68. The van der Waals surface area contributed by atoms with Crippen molar-refractivity contribution in [2.75, 3.05) is 6.61 Å². The van der Waals surface area contributed by atoms with Gasteiger partial charge in [0.25, 0.3) is 0 Å². The Morgan fingerprint density at radius 1 is 1.07 bits per heavy atom. The second kappa shape index (κ2) is 6.44. The van der Waals surface area contributed by atoms with Gasteiger partial charge >= 0.3 is 0 Å². The average molecular weight is 413 g/mol. The third kappa shape index (κ3) is 2.48. The molecule has 3 saturated carbocycles. The molecule has 166 valence electrons. The minimum atomic E-state index is -0.304. The Labute approximate surface area is 182 Å². The molecule has 1 spiro atoms. The summed E-state index contributed by atoms with van der Waals surface area (Å²) in [7, 11) is 0. The molecule has 0 aromatic heterocycles. The molecule has 2 saturated heterocycles. The molecule has 0 bridgehead atoms. The number of carbonyl (C=O) groups excluding carboxylic acids is 1. The van der Waals surface area contributed by atoms with Crippen LogP contribution in [0.15, 0.2) is 11.6 Å². The number of hydrogen-bond acceptors (Lipinski definition) is 3. The van der Waals surface area contributed by atoms with Gasteiger partial charge in [0.1, 0.15) is 5.78 Å². The summed E-state index contributed by atoms with van der Waals surface area (Å²) in [5.41, 5.74) is 2.13. The third-order valence-corrected chi connectivity index (χ3v) is 11.2. The molecule has 0 amide bonds. The number of hydrogen-bond donors (Lipinski definition) is 0. The Morgan fingerprint density at radius 2 is 1.90 bits per heavy atom. The number of fused-ring (bicyclic) bond motifs is 7. The van der Waals surface area contributed by atoms with E-state index in [-0.39, 0.29) is 11.2 Å². The minimum absolute atomic E-state index is 0.270. The first-order valence-electron chi connectivity index (χ1n) is 12.8. The van der Waals surface area contributed by atoms with E-state index in [1.54, 1.807) is 0 Å². The Bertz CT molecular complexity index is 777. The van der Waals surface area contributed by atoms with E-state index < -0.39 is 0 Å². The number of ketones is 1. The normalized spacial score (nSPS) is 57.4. The van der Waals surface area contributed by atoms with Crippen LogP contribution in [0.2, 0.25) is 0 Å². The lowest BCUT2D eigenvalue weighted by molar-refractivity contribution is -0.272. The first kappa shape index (κ1) is 20.0. The quantitative estimate of drug-likeness (QED) is 0.463. The molecule has 0 aromatic rings. The molecule has 6 aliphatic rings. The van der Waals surface area contributed by atoms with E-state index in [0.717, 1.165) is 50.0 Å². The Morgan fingerprint density at radius 3 is 2.67 bits per heavy atom. The zero-order valence-electron chi connectivity index (χ0n) is 19.4. The van der Waals surface area contributed by atoms with Gasteiger partial charge in [0, 0.05) is 25.2 Å². The first-order valence-corrected chi connectivity index (χ1v) is 12.8.